The highest BCUT2D eigenvalue weighted by Crippen LogP contribution is 2.35. The van der Waals surface area contributed by atoms with E-state index in [0.717, 1.165) is 17.2 Å². The Hall–Kier alpha value is -1.94. The molecule has 112 valence electrons. The quantitative estimate of drug-likeness (QED) is 0.927. The summed E-state index contributed by atoms with van der Waals surface area (Å²) in [6.07, 6.45) is -1.21. The van der Waals surface area contributed by atoms with Crippen LogP contribution in [0.15, 0.2) is 24.3 Å². The molecule has 0 aliphatic heterocycles. The van der Waals surface area contributed by atoms with Crippen LogP contribution in [0.25, 0.3) is 0 Å². The maximum atomic E-state index is 14.0. The van der Waals surface area contributed by atoms with Gasteiger partial charge in [0.25, 0.3) is 0 Å². The molecule has 1 unspecified atom stereocenters. The van der Waals surface area contributed by atoms with Gasteiger partial charge in [0, 0.05) is 17.2 Å². The van der Waals surface area contributed by atoms with Crippen LogP contribution in [0.4, 0.5) is 8.78 Å². The van der Waals surface area contributed by atoms with E-state index < -0.39 is 17.7 Å². The third kappa shape index (κ3) is 2.90. The van der Waals surface area contributed by atoms with Crippen LogP contribution in [0.5, 0.6) is 5.75 Å². The zero-order chi connectivity index (χ0) is 15.7. The summed E-state index contributed by atoms with van der Waals surface area (Å²) in [6.45, 7) is 5.26. The Morgan fingerprint density at radius 1 is 0.952 bits per heavy atom. The fourth-order valence-corrected chi connectivity index (χ4v) is 2.50. The molecule has 0 spiro atoms. The molecular weight excluding hydrogens is 274 g/mol. The molecule has 0 radical (unpaired) electrons. The van der Waals surface area contributed by atoms with Crippen molar-refractivity contribution in [2.75, 3.05) is 7.11 Å². The third-order valence-corrected chi connectivity index (χ3v) is 3.56. The Balaban J connectivity index is 2.60. The van der Waals surface area contributed by atoms with Crippen LogP contribution in [0.2, 0.25) is 0 Å². The molecule has 2 rings (SSSR count). The molecule has 1 atom stereocenters. The van der Waals surface area contributed by atoms with Crippen molar-refractivity contribution in [3.63, 3.8) is 0 Å². The number of halogens is 2. The standard InChI is InChI=1S/C17H18F2O2/c1-9-5-11(3)16(15(6-9)21-4)17(20)12-7-10(2)13(18)8-14(12)19/h5-8,17,20H,1-4H3. The minimum atomic E-state index is -1.21. The number of aryl methyl sites for hydroxylation is 3. The summed E-state index contributed by atoms with van der Waals surface area (Å²) >= 11 is 0. The Morgan fingerprint density at radius 3 is 2.24 bits per heavy atom. The lowest BCUT2D eigenvalue weighted by Gasteiger charge is -2.19. The van der Waals surface area contributed by atoms with Gasteiger partial charge in [-0.05, 0) is 49.6 Å². The first-order valence-corrected chi connectivity index (χ1v) is 6.64. The first kappa shape index (κ1) is 15.4. The van der Waals surface area contributed by atoms with Gasteiger partial charge in [-0.15, -0.1) is 0 Å². The molecular formula is C17H18F2O2. The zero-order valence-corrected chi connectivity index (χ0v) is 12.5. The van der Waals surface area contributed by atoms with Gasteiger partial charge in [0.15, 0.2) is 0 Å². The van der Waals surface area contributed by atoms with Crippen molar-refractivity contribution < 1.29 is 18.6 Å². The SMILES string of the molecule is COc1cc(C)cc(C)c1C(O)c1cc(C)c(F)cc1F. The average molecular weight is 292 g/mol. The molecule has 21 heavy (non-hydrogen) atoms. The van der Waals surface area contributed by atoms with Gasteiger partial charge in [0.05, 0.1) is 7.11 Å². The average Bonchev–Trinajstić information content (AvgIpc) is 2.41. The molecule has 0 fully saturated rings. The zero-order valence-electron chi connectivity index (χ0n) is 12.5. The third-order valence-electron chi connectivity index (χ3n) is 3.56. The van der Waals surface area contributed by atoms with Crippen molar-refractivity contribution in [2.45, 2.75) is 26.9 Å². The van der Waals surface area contributed by atoms with E-state index in [9.17, 15) is 13.9 Å². The highest BCUT2D eigenvalue weighted by Gasteiger charge is 2.22. The molecule has 2 aromatic carbocycles. The van der Waals surface area contributed by atoms with Crippen molar-refractivity contribution >= 4 is 0 Å². The molecule has 0 saturated heterocycles. The molecule has 0 aliphatic carbocycles. The monoisotopic (exact) mass is 292 g/mol. The lowest BCUT2D eigenvalue weighted by Crippen LogP contribution is -2.08. The van der Waals surface area contributed by atoms with E-state index >= 15 is 0 Å². The Bertz CT molecular complexity index is 681. The Morgan fingerprint density at radius 2 is 1.62 bits per heavy atom. The van der Waals surface area contributed by atoms with Gasteiger partial charge in [0.1, 0.15) is 23.5 Å². The number of ether oxygens (including phenoxy) is 1. The minimum absolute atomic E-state index is 0.0409. The largest absolute Gasteiger partial charge is 0.496 e. The molecule has 4 heteroatoms. The molecule has 0 aliphatic rings. The van der Waals surface area contributed by atoms with E-state index in [0.29, 0.717) is 11.3 Å². The van der Waals surface area contributed by atoms with Crippen LogP contribution in [0, 0.1) is 32.4 Å². The molecule has 0 saturated carbocycles. The number of aliphatic hydroxyl groups is 1. The smallest absolute Gasteiger partial charge is 0.132 e. The van der Waals surface area contributed by atoms with Crippen LogP contribution >= 0.6 is 0 Å². The summed E-state index contributed by atoms with van der Waals surface area (Å²) in [7, 11) is 1.50. The van der Waals surface area contributed by atoms with Gasteiger partial charge in [-0.3, -0.25) is 0 Å². The summed E-state index contributed by atoms with van der Waals surface area (Å²) in [5.74, 6) is -0.912. The second-order valence-electron chi connectivity index (χ2n) is 5.22. The molecule has 0 heterocycles. The lowest BCUT2D eigenvalue weighted by molar-refractivity contribution is 0.208. The van der Waals surface area contributed by atoms with Gasteiger partial charge in [-0.2, -0.15) is 0 Å². The topological polar surface area (TPSA) is 29.5 Å². The maximum absolute atomic E-state index is 14.0. The second-order valence-corrected chi connectivity index (χ2v) is 5.22. The van der Waals surface area contributed by atoms with Crippen LogP contribution in [-0.2, 0) is 0 Å². The van der Waals surface area contributed by atoms with Crippen LogP contribution in [0.1, 0.15) is 33.9 Å². The van der Waals surface area contributed by atoms with Crippen molar-refractivity contribution in [1.29, 1.82) is 0 Å². The second kappa shape index (κ2) is 5.82. The summed E-state index contributed by atoms with van der Waals surface area (Å²) < 4.78 is 32.6. The summed E-state index contributed by atoms with van der Waals surface area (Å²) in [4.78, 5) is 0. The summed E-state index contributed by atoms with van der Waals surface area (Å²) in [6, 6.07) is 5.78. The molecule has 0 amide bonds. The van der Waals surface area contributed by atoms with E-state index in [1.165, 1.54) is 20.1 Å². The van der Waals surface area contributed by atoms with Crippen LogP contribution < -0.4 is 4.74 Å². The number of aliphatic hydroxyl groups excluding tert-OH is 1. The Kier molecular flexibility index (Phi) is 4.28. The normalized spacial score (nSPS) is 12.3. The molecule has 2 aromatic rings. The van der Waals surface area contributed by atoms with Crippen LogP contribution in [-0.4, -0.2) is 12.2 Å². The van der Waals surface area contributed by atoms with Gasteiger partial charge < -0.3 is 9.84 Å². The van der Waals surface area contributed by atoms with Crippen molar-refractivity contribution in [1.82, 2.24) is 0 Å². The predicted molar refractivity (Wildman–Crippen MR) is 77.6 cm³/mol. The highest BCUT2D eigenvalue weighted by atomic mass is 19.1. The van der Waals surface area contributed by atoms with Crippen LogP contribution in [0.3, 0.4) is 0 Å². The first-order chi connectivity index (χ1) is 9.85. The van der Waals surface area contributed by atoms with E-state index in [-0.39, 0.29) is 11.1 Å². The van der Waals surface area contributed by atoms with Crippen molar-refractivity contribution in [3.05, 3.63) is 63.7 Å². The van der Waals surface area contributed by atoms with E-state index in [1.807, 2.05) is 19.9 Å². The maximum Gasteiger partial charge on any atom is 0.132 e. The summed E-state index contributed by atoms with van der Waals surface area (Å²) in [5, 5.41) is 10.5. The number of hydrogen-bond donors (Lipinski definition) is 1. The number of rotatable bonds is 3. The van der Waals surface area contributed by atoms with Gasteiger partial charge in [-0.25, -0.2) is 8.78 Å². The van der Waals surface area contributed by atoms with Gasteiger partial charge in [-0.1, -0.05) is 6.07 Å². The fraction of sp³-hybridized carbons (Fsp3) is 0.294. The summed E-state index contributed by atoms with van der Waals surface area (Å²) in [5.41, 5.74) is 2.60. The van der Waals surface area contributed by atoms with Crippen molar-refractivity contribution in [2.24, 2.45) is 0 Å². The first-order valence-electron chi connectivity index (χ1n) is 6.64. The van der Waals surface area contributed by atoms with E-state index in [2.05, 4.69) is 0 Å². The molecule has 0 aromatic heterocycles. The molecule has 0 bridgehead atoms. The predicted octanol–water partition coefficient (Wildman–Crippen LogP) is 3.98. The van der Waals surface area contributed by atoms with Gasteiger partial charge >= 0.3 is 0 Å². The number of benzene rings is 2. The lowest BCUT2D eigenvalue weighted by atomic mass is 9.93. The van der Waals surface area contributed by atoms with Crippen molar-refractivity contribution in [3.8, 4) is 5.75 Å². The molecule has 1 N–H and O–H groups in total. The van der Waals surface area contributed by atoms with E-state index in [1.54, 1.807) is 6.07 Å². The minimum Gasteiger partial charge on any atom is -0.496 e. The fourth-order valence-electron chi connectivity index (χ4n) is 2.50. The van der Waals surface area contributed by atoms with Gasteiger partial charge in [0.2, 0.25) is 0 Å². The van der Waals surface area contributed by atoms with E-state index in [4.69, 9.17) is 4.74 Å². The molecule has 2 nitrogen and oxygen atoms in total. The number of hydrogen-bond acceptors (Lipinski definition) is 2. The Labute approximate surface area is 123 Å². The number of methoxy groups -OCH3 is 1. The highest BCUT2D eigenvalue weighted by molar-refractivity contribution is 5.48.